The summed E-state index contributed by atoms with van der Waals surface area (Å²) >= 11 is 0. The number of aliphatic hydroxyl groups excluding tert-OH is 1. The number of aryl methyl sites for hydroxylation is 1. The van der Waals surface area contributed by atoms with Crippen LogP contribution in [-0.2, 0) is 6.54 Å². The number of hydrogen-bond donors (Lipinski definition) is 1. The molecule has 13 heavy (non-hydrogen) atoms. The fourth-order valence-corrected chi connectivity index (χ4v) is 2.08. The number of rotatable bonds is 3. The number of aliphatic hydroxyl groups is 1. The zero-order chi connectivity index (χ0) is 9.10. The fourth-order valence-electron chi connectivity index (χ4n) is 2.08. The van der Waals surface area contributed by atoms with Gasteiger partial charge in [-0.25, -0.2) is 0 Å². The van der Waals surface area contributed by atoms with Crippen molar-refractivity contribution in [3.63, 3.8) is 0 Å². The highest BCUT2D eigenvalue weighted by atomic mass is 16.3. The second kappa shape index (κ2) is 3.92. The van der Waals surface area contributed by atoms with Crippen LogP contribution in [0.15, 0.2) is 18.5 Å². The van der Waals surface area contributed by atoms with Crippen LogP contribution >= 0.6 is 0 Å². The predicted octanol–water partition coefficient (Wildman–Crippen LogP) is 1.43. The average Bonchev–Trinajstić information content (AvgIpc) is 2.72. The molecule has 2 unspecified atom stereocenters. The third kappa shape index (κ3) is 2.10. The van der Waals surface area contributed by atoms with E-state index in [2.05, 4.69) is 5.10 Å². The summed E-state index contributed by atoms with van der Waals surface area (Å²) in [5, 5.41) is 13.7. The number of nitrogens with zero attached hydrogens (tertiary/aromatic N) is 2. The van der Waals surface area contributed by atoms with Crippen molar-refractivity contribution in [2.75, 3.05) is 0 Å². The van der Waals surface area contributed by atoms with E-state index in [-0.39, 0.29) is 6.10 Å². The Kier molecular flexibility index (Phi) is 2.64. The van der Waals surface area contributed by atoms with Gasteiger partial charge in [0.1, 0.15) is 0 Å². The number of hydrogen-bond acceptors (Lipinski definition) is 2. The van der Waals surface area contributed by atoms with Crippen LogP contribution in [0.25, 0.3) is 0 Å². The summed E-state index contributed by atoms with van der Waals surface area (Å²) < 4.78 is 1.94. The molecule has 1 aromatic rings. The zero-order valence-corrected chi connectivity index (χ0v) is 7.76. The van der Waals surface area contributed by atoms with Gasteiger partial charge in [-0.15, -0.1) is 0 Å². The average molecular weight is 180 g/mol. The maximum absolute atomic E-state index is 9.59. The summed E-state index contributed by atoms with van der Waals surface area (Å²) in [5.41, 5.74) is 0. The van der Waals surface area contributed by atoms with Gasteiger partial charge in [0.15, 0.2) is 0 Å². The topological polar surface area (TPSA) is 38.0 Å². The Morgan fingerprint density at radius 1 is 1.46 bits per heavy atom. The summed E-state index contributed by atoms with van der Waals surface area (Å²) in [7, 11) is 0. The Bertz CT molecular complexity index is 245. The van der Waals surface area contributed by atoms with Gasteiger partial charge in [-0.3, -0.25) is 4.68 Å². The summed E-state index contributed by atoms with van der Waals surface area (Å²) in [6.07, 6.45) is 8.13. The molecule has 0 amide bonds. The van der Waals surface area contributed by atoms with Crippen molar-refractivity contribution in [3.8, 4) is 0 Å². The van der Waals surface area contributed by atoms with Crippen molar-refractivity contribution in [1.82, 2.24) is 9.78 Å². The second-order valence-electron chi connectivity index (χ2n) is 3.82. The summed E-state index contributed by atoms with van der Waals surface area (Å²) in [5.74, 6) is 0.504. The third-order valence-corrected chi connectivity index (χ3v) is 2.91. The quantitative estimate of drug-likeness (QED) is 0.764. The van der Waals surface area contributed by atoms with Crippen molar-refractivity contribution < 1.29 is 5.11 Å². The van der Waals surface area contributed by atoms with Crippen LogP contribution in [-0.4, -0.2) is 21.0 Å². The van der Waals surface area contributed by atoms with E-state index in [9.17, 15) is 5.11 Å². The molecule has 0 aromatic carbocycles. The molecule has 1 N–H and O–H groups in total. The molecule has 0 radical (unpaired) electrons. The van der Waals surface area contributed by atoms with Crippen LogP contribution in [0.3, 0.4) is 0 Å². The van der Waals surface area contributed by atoms with Crippen molar-refractivity contribution in [2.24, 2.45) is 5.92 Å². The van der Waals surface area contributed by atoms with Gasteiger partial charge in [0.25, 0.3) is 0 Å². The van der Waals surface area contributed by atoms with Crippen LogP contribution in [0.5, 0.6) is 0 Å². The molecule has 0 saturated heterocycles. The molecular formula is C10H16N2O. The van der Waals surface area contributed by atoms with Crippen molar-refractivity contribution in [2.45, 2.75) is 38.3 Å². The molecule has 0 aliphatic heterocycles. The molecule has 0 bridgehead atoms. The molecule has 1 aliphatic carbocycles. The molecule has 1 heterocycles. The summed E-state index contributed by atoms with van der Waals surface area (Å²) in [4.78, 5) is 0. The molecule has 2 rings (SSSR count). The highest BCUT2D eigenvalue weighted by Gasteiger charge is 2.24. The first-order valence-electron chi connectivity index (χ1n) is 5.02. The first kappa shape index (κ1) is 8.75. The van der Waals surface area contributed by atoms with Crippen LogP contribution in [0.1, 0.15) is 25.7 Å². The minimum atomic E-state index is -0.0597. The maximum atomic E-state index is 9.59. The van der Waals surface area contributed by atoms with Gasteiger partial charge in [0, 0.05) is 18.9 Å². The van der Waals surface area contributed by atoms with Crippen molar-refractivity contribution in [1.29, 1.82) is 0 Å². The van der Waals surface area contributed by atoms with Gasteiger partial charge in [0.05, 0.1) is 6.10 Å². The minimum Gasteiger partial charge on any atom is -0.393 e. The second-order valence-corrected chi connectivity index (χ2v) is 3.82. The molecule has 1 fully saturated rings. The third-order valence-electron chi connectivity index (χ3n) is 2.91. The largest absolute Gasteiger partial charge is 0.393 e. The number of aromatic nitrogens is 2. The lowest BCUT2D eigenvalue weighted by atomic mass is 10.0. The van der Waals surface area contributed by atoms with Gasteiger partial charge < -0.3 is 5.11 Å². The lowest BCUT2D eigenvalue weighted by Crippen LogP contribution is -2.15. The molecular weight excluding hydrogens is 164 g/mol. The normalized spacial score (nSPS) is 28.1. The van der Waals surface area contributed by atoms with Gasteiger partial charge >= 0.3 is 0 Å². The van der Waals surface area contributed by atoms with Crippen molar-refractivity contribution in [3.05, 3.63) is 18.5 Å². The Morgan fingerprint density at radius 3 is 3.00 bits per heavy atom. The predicted molar refractivity (Wildman–Crippen MR) is 50.2 cm³/mol. The van der Waals surface area contributed by atoms with Gasteiger partial charge in [-0.2, -0.15) is 5.10 Å². The maximum Gasteiger partial charge on any atom is 0.0569 e. The molecule has 0 spiro atoms. The zero-order valence-electron chi connectivity index (χ0n) is 7.76. The summed E-state index contributed by atoms with van der Waals surface area (Å²) in [6, 6.07) is 1.94. The molecule has 1 saturated carbocycles. The Labute approximate surface area is 78.4 Å². The van der Waals surface area contributed by atoms with Gasteiger partial charge in [-0.1, -0.05) is 6.42 Å². The van der Waals surface area contributed by atoms with E-state index in [1.165, 1.54) is 12.8 Å². The van der Waals surface area contributed by atoms with E-state index < -0.39 is 0 Å². The minimum absolute atomic E-state index is 0.0597. The van der Waals surface area contributed by atoms with Crippen molar-refractivity contribution >= 4 is 0 Å². The van der Waals surface area contributed by atoms with E-state index >= 15 is 0 Å². The standard InChI is InChI=1S/C10H16N2O/c13-10-4-1-3-9(10)5-8-12-7-2-6-11-12/h2,6-7,9-10,13H,1,3-5,8H2. The first-order valence-corrected chi connectivity index (χ1v) is 5.02. The van der Waals surface area contributed by atoms with E-state index in [4.69, 9.17) is 0 Å². The molecule has 72 valence electrons. The van der Waals surface area contributed by atoms with E-state index in [1.54, 1.807) is 6.20 Å². The van der Waals surface area contributed by atoms with Crippen LogP contribution in [0.4, 0.5) is 0 Å². The lowest BCUT2D eigenvalue weighted by Gasteiger charge is -2.13. The molecule has 1 aromatic heterocycles. The monoisotopic (exact) mass is 180 g/mol. The Hall–Kier alpha value is -0.830. The highest BCUT2D eigenvalue weighted by molar-refractivity contribution is 4.80. The van der Waals surface area contributed by atoms with Gasteiger partial charge in [0.2, 0.25) is 0 Å². The molecule has 3 nitrogen and oxygen atoms in total. The Morgan fingerprint density at radius 2 is 2.38 bits per heavy atom. The molecule has 3 heteroatoms. The van der Waals surface area contributed by atoms with Crippen LogP contribution < -0.4 is 0 Å². The molecule has 1 aliphatic rings. The van der Waals surface area contributed by atoms with E-state index in [0.717, 1.165) is 19.4 Å². The summed E-state index contributed by atoms with van der Waals surface area (Å²) in [6.45, 7) is 0.939. The highest BCUT2D eigenvalue weighted by Crippen LogP contribution is 2.28. The lowest BCUT2D eigenvalue weighted by molar-refractivity contribution is 0.124. The molecule has 2 atom stereocenters. The van der Waals surface area contributed by atoms with E-state index in [1.807, 2.05) is 16.9 Å². The van der Waals surface area contributed by atoms with E-state index in [0.29, 0.717) is 5.92 Å². The van der Waals surface area contributed by atoms with Gasteiger partial charge in [-0.05, 0) is 31.2 Å². The van der Waals surface area contributed by atoms with Crippen LogP contribution in [0, 0.1) is 5.92 Å². The Balaban J connectivity index is 1.79. The fraction of sp³-hybridized carbons (Fsp3) is 0.700. The smallest absolute Gasteiger partial charge is 0.0569 e. The van der Waals surface area contributed by atoms with Crippen LogP contribution in [0.2, 0.25) is 0 Å². The SMILES string of the molecule is OC1CCCC1CCn1cccn1. The first-order chi connectivity index (χ1) is 6.36.